The third kappa shape index (κ3) is 2.91. The molecular weight excluding hydrogens is 274 g/mol. The van der Waals surface area contributed by atoms with Crippen LogP contribution in [0.2, 0.25) is 0 Å². The van der Waals surface area contributed by atoms with Crippen molar-refractivity contribution in [1.29, 1.82) is 0 Å². The van der Waals surface area contributed by atoms with Crippen LogP contribution in [0.3, 0.4) is 0 Å². The van der Waals surface area contributed by atoms with Gasteiger partial charge in [-0.25, -0.2) is 4.98 Å². The summed E-state index contributed by atoms with van der Waals surface area (Å²) in [4.78, 5) is 4.61. The van der Waals surface area contributed by atoms with Crippen LogP contribution in [-0.4, -0.2) is 15.2 Å². The minimum absolute atomic E-state index is 0.357. The first-order chi connectivity index (χ1) is 10.4. The lowest BCUT2D eigenvalue weighted by molar-refractivity contribution is 0.0900. The van der Waals surface area contributed by atoms with E-state index in [9.17, 15) is 0 Å². The number of nitrogens with two attached hydrogens (primary N) is 1. The van der Waals surface area contributed by atoms with Crippen molar-refractivity contribution in [2.45, 2.75) is 32.9 Å². The normalized spacial score (nSPS) is 11.8. The molecule has 1 aromatic heterocycles. The number of anilines is 1. The van der Waals surface area contributed by atoms with E-state index >= 15 is 0 Å². The van der Waals surface area contributed by atoms with Crippen LogP contribution in [-0.2, 0) is 6.54 Å². The highest BCUT2D eigenvalue weighted by Gasteiger charge is 2.23. The number of nitrogen functional groups attached to an aromatic ring is 1. The topological polar surface area (TPSA) is 53.1 Å². The molecule has 114 valence electrons. The van der Waals surface area contributed by atoms with Gasteiger partial charge in [-0.15, -0.1) is 0 Å². The lowest BCUT2D eigenvalue weighted by Crippen LogP contribution is -2.34. The number of benzene rings is 2. The summed E-state index contributed by atoms with van der Waals surface area (Å²) in [5.41, 5.74) is 8.25. The Bertz CT molecular complexity index is 788. The minimum Gasteiger partial charge on any atom is -0.486 e. The zero-order chi connectivity index (χ0) is 15.7. The molecule has 0 amide bonds. The second kappa shape index (κ2) is 5.37. The highest BCUT2D eigenvalue weighted by atomic mass is 16.5. The first-order valence-electron chi connectivity index (χ1n) is 7.41. The molecule has 0 fully saturated rings. The molecule has 0 bridgehead atoms. The maximum atomic E-state index is 6.13. The number of ether oxygens (including phenoxy) is 1. The summed E-state index contributed by atoms with van der Waals surface area (Å²) < 4.78 is 8.33. The van der Waals surface area contributed by atoms with Gasteiger partial charge in [-0.3, -0.25) is 0 Å². The molecule has 0 aliphatic carbocycles. The fourth-order valence-electron chi connectivity index (χ4n) is 2.66. The SMILES string of the molecule is Cc1nc2ccccc2n1CC(C)(C)Oc1ccc(N)cc1. The molecule has 0 aliphatic rings. The van der Waals surface area contributed by atoms with Crippen LogP contribution >= 0.6 is 0 Å². The Balaban J connectivity index is 1.86. The number of hydrogen-bond donors (Lipinski definition) is 1. The maximum absolute atomic E-state index is 6.13. The van der Waals surface area contributed by atoms with E-state index in [1.165, 1.54) is 0 Å². The first-order valence-corrected chi connectivity index (χ1v) is 7.41. The van der Waals surface area contributed by atoms with E-state index < -0.39 is 0 Å². The lowest BCUT2D eigenvalue weighted by atomic mass is 10.1. The lowest BCUT2D eigenvalue weighted by Gasteiger charge is -2.28. The van der Waals surface area contributed by atoms with Crippen molar-refractivity contribution in [3.8, 4) is 5.75 Å². The van der Waals surface area contributed by atoms with Crippen molar-refractivity contribution in [2.75, 3.05) is 5.73 Å². The van der Waals surface area contributed by atoms with Gasteiger partial charge in [-0.2, -0.15) is 0 Å². The van der Waals surface area contributed by atoms with Crippen molar-refractivity contribution in [3.05, 3.63) is 54.4 Å². The zero-order valence-corrected chi connectivity index (χ0v) is 13.2. The smallest absolute Gasteiger partial charge is 0.121 e. The Morgan fingerprint density at radius 2 is 1.77 bits per heavy atom. The van der Waals surface area contributed by atoms with Crippen LogP contribution in [0.15, 0.2) is 48.5 Å². The van der Waals surface area contributed by atoms with Gasteiger partial charge in [-0.1, -0.05) is 12.1 Å². The van der Waals surface area contributed by atoms with Gasteiger partial charge in [0, 0.05) is 5.69 Å². The van der Waals surface area contributed by atoms with Crippen molar-refractivity contribution < 1.29 is 4.74 Å². The monoisotopic (exact) mass is 295 g/mol. The molecule has 0 spiro atoms. The number of rotatable bonds is 4. The Hall–Kier alpha value is -2.49. The molecule has 0 aliphatic heterocycles. The van der Waals surface area contributed by atoms with E-state index in [0.717, 1.165) is 34.8 Å². The molecular formula is C18H21N3O. The van der Waals surface area contributed by atoms with E-state index in [4.69, 9.17) is 10.5 Å². The highest BCUT2D eigenvalue weighted by molar-refractivity contribution is 5.75. The second-order valence-electron chi connectivity index (χ2n) is 6.16. The van der Waals surface area contributed by atoms with Crippen molar-refractivity contribution in [1.82, 2.24) is 9.55 Å². The molecule has 0 unspecified atom stereocenters. The highest BCUT2D eigenvalue weighted by Crippen LogP contribution is 2.24. The number of aromatic nitrogens is 2. The summed E-state index contributed by atoms with van der Waals surface area (Å²) in [7, 11) is 0. The zero-order valence-electron chi connectivity index (χ0n) is 13.2. The molecule has 1 heterocycles. The second-order valence-corrected chi connectivity index (χ2v) is 6.16. The summed E-state index contributed by atoms with van der Waals surface area (Å²) in [5, 5.41) is 0. The number of fused-ring (bicyclic) bond motifs is 1. The minimum atomic E-state index is -0.357. The van der Waals surface area contributed by atoms with Crippen LogP contribution in [0.25, 0.3) is 11.0 Å². The summed E-state index contributed by atoms with van der Waals surface area (Å²) in [6, 6.07) is 15.7. The van der Waals surface area contributed by atoms with E-state index in [1.54, 1.807) is 0 Å². The van der Waals surface area contributed by atoms with Crippen molar-refractivity contribution >= 4 is 16.7 Å². The fraction of sp³-hybridized carbons (Fsp3) is 0.278. The predicted octanol–water partition coefficient (Wildman–Crippen LogP) is 3.78. The standard InChI is InChI=1S/C18H21N3O/c1-13-20-16-6-4-5-7-17(16)21(13)12-18(2,3)22-15-10-8-14(19)9-11-15/h4-11H,12,19H2,1-3H3. The van der Waals surface area contributed by atoms with Crippen LogP contribution in [0.1, 0.15) is 19.7 Å². The van der Waals surface area contributed by atoms with Crippen molar-refractivity contribution in [3.63, 3.8) is 0 Å². The van der Waals surface area contributed by atoms with Gasteiger partial charge in [0.25, 0.3) is 0 Å². The first kappa shape index (κ1) is 14.4. The molecule has 4 heteroatoms. The van der Waals surface area contributed by atoms with E-state index in [-0.39, 0.29) is 5.60 Å². The van der Waals surface area contributed by atoms with Crippen molar-refractivity contribution in [2.24, 2.45) is 0 Å². The van der Waals surface area contributed by atoms with Gasteiger partial charge < -0.3 is 15.0 Å². The number of aryl methyl sites for hydroxylation is 1. The molecule has 22 heavy (non-hydrogen) atoms. The van der Waals surface area contributed by atoms with Gasteiger partial charge in [0.05, 0.1) is 17.6 Å². The Morgan fingerprint density at radius 3 is 2.50 bits per heavy atom. The van der Waals surface area contributed by atoms with E-state index in [0.29, 0.717) is 0 Å². The molecule has 4 nitrogen and oxygen atoms in total. The number of imidazole rings is 1. The number of nitrogens with zero attached hydrogens (tertiary/aromatic N) is 2. The number of para-hydroxylation sites is 2. The van der Waals surface area contributed by atoms with Crippen LogP contribution in [0.4, 0.5) is 5.69 Å². The molecule has 0 atom stereocenters. The van der Waals surface area contributed by atoms with E-state index in [1.807, 2.05) is 49.4 Å². The number of hydrogen-bond acceptors (Lipinski definition) is 3. The molecule has 2 aromatic carbocycles. The quantitative estimate of drug-likeness (QED) is 0.745. The van der Waals surface area contributed by atoms with Gasteiger partial charge in [0.2, 0.25) is 0 Å². The molecule has 0 saturated carbocycles. The summed E-state index contributed by atoms with van der Waals surface area (Å²) in [6.45, 7) is 6.91. The van der Waals surface area contributed by atoms with Gasteiger partial charge in [-0.05, 0) is 57.2 Å². The summed E-state index contributed by atoms with van der Waals surface area (Å²) in [5.74, 6) is 1.82. The largest absolute Gasteiger partial charge is 0.486 e. The molecule has 3 rings (SSSR count). The molecule has 3 aromatic rings. The average Bonchev–Trinajstić information content (AvgIpc) is 2.77. The Kier molecular flexibility index (Phi) is 3.53. The molecule has 0 radical (unpaired) electrons. The van der Waals surface area contributed by atoms with Crippen LogP contribution in [0.5, 0.6) is 5.75 Å². The fourth-order valence-corrected chi connectivity index (χ4v) is 2.66. The summed E-state index contributed by atoms with van der Waals surface area (Å²) in [6.07, 6.45) is 0. The summed E-state index contributed by atoms with van der Waals surface area (Å²) >= 11 is 0. The third-order valence-corrected chi connectivity index (χ3v) is 3.66. The van der Waals surface area contributed by atoms with Gasteiger partial charge in [0.1, 0.15) is 17.2 Å². The van der Waals surface area contributed by atoms with Crippen LogP contribution in [0, 0.1) is 6.92 Å². The van der Waals surface area contributed by atoms with E-state index in [2.05, 4.69) is 29.5 Å². The Labute approximate surface area is 130 Å². The van der Waals surface area contributed by atoms with Crippen LogP contribution < -0.4 is 10.5 Å². The average molecular weight is 295 g/mol. The van der Waals surface area contributed by atoms with Gasteiger partial charge >= 0.3 is 0 Å². The third-order valence-electron chi connectivity index (χ3n) is 3.66. The molecule has 0 saturated heterocycles. The Morgan fingerprint density at radius 1 is 1.09 bits per heavy atom. The predicted molar refractivity (Wildman–Crippen MR) is 90.0 cm³/mol. The van der Waals surface area contributed by atoms with Gasteiger partial charge in [0.15, 0.2) is 0 Å². The molecule has 2 N–H and O–H groups in total. The maximum Gasteiger partial charge on any atom is 0.121 e.